The summed E-state index contributed by atoms with van der Waals surface area (Å²) in [5, 5.41) is 16.0. The maximum Gasteiger partial charge on any atom is 0.481 e. The number of carbonyl (C=O) groups is 2. The van der Waals surface area contributed by atoms with E-state index in [9.17, 15) is 14.7 Å². The van der Waals surface area contributed by atoms with Gasteiger partial charge in [0, 0.05) is 12.4 Å². The van der Waals surface area contributed by atoms with Gasteiger partial charge < -0.3 is 25.0 Å². The molecule has 2 amide bonds. The molecule has 2 heterocycles. The Balaban J connectivity index is 1.47. The van der Waals surface area contributed by atoms with Crippen molar-refractivity contribution in [1.29, 1.82) is 0 Å². The number of carbonyl (C=O) groups excluding carboxylic acids is 2. The van der Waals surface area contributed by atoms with Crippen LogP contribution >= 0.6 is 0 Å². The van der Waals surface area contributed by atoms with Crippen molar-refractivity contribution in [2.24, 2.45) is 23.2 Å². The van der Waals surface area contributed by atoms with E-state index in [1.165, 1.54) is 13.1 Å². The minimum absolute atomic E-state index is 0.0127. The molecule has 0 aromatic carbocycles. The Bertz CT molecular complexity index is 911. The fraction of sp³-hybridized carbons (Fsp3) is 0.720. The van der Waals surface area contributed by atoms with E-state index >= 15 is 0 Å². The summed E-state index contributed by atoms with van der Waals surface area (Å²) in [4.78, 5) is 29.8. The van der Waals surface area contributed by atoms with Crippen molar-refractivity contribution in [3.05, 3.63) is 30.1 Å². The summed E-state index contributed by atoms with van der Waals surface area (Å²) >= 11 is 0. The van der Waals surface area contributed by atoms with E-state index in [1.54, 1.807) is 18.3 Å². The van der Waals surface area contributed by atoms with Gasteiger partial charge in [-0.25, -0.2) is 0 Å². The molecule has 2 bridgehead atoms. The van der Waals surface area contributed by atoms with E-state index in [0.717, 1.165) is 12.8 Å². The predicted molar refractivity (Wildman–Crippen MR) is 129 cm³/mol. The van der Waals surface area contributed by atoms with Gasteiger partial charge in [0.15, 0.2) is 0 Å². The maximum atomic E-state index is 13.3. The highest BCUT2D eigenvalue weighted by Crippen LogP contribution is 2.65. The third-order valence-electron chi connectivity index (χ3n) is 8.33. The highest BCUT2D eigenvalue weighted by atomic mass is 16.7. The molecule has 3 saturated carbocycles. The number of nitrogens with one attached hydrogen (secondary N) is 2. The molecular formula is C25H38BN3O5. The molecule has 1 saturated heterocycles. The van der Waals surface area contributed by atoms with Gasteiger partial charge in [-0.1, -0.05) is 27.7 Å². The highest BCUT2D eigenvalue weighted by molar-refractivity contribution is 6.48. The average Bonchev–Trinajstić information content (AvgIpc) is 3.13. The molecule has 5 rings (SSSR count). The van der Waals surface area contributed by atoms with Crippen molar-refractivity contribution in [3.8, 4) is 0 Å². The first-order valence-corrected chi connectivity index (χ1v) is 12.5. The Morgan fingerprint density at radius 1 is 1.24 bits per heavy atom. The quantitative estimate of drug-likeness (QED) is 0.503. The summed E-state index contributed by atoms with van der Waals surface area (Å²) in [7, 11) is -0.569. The second kappa shape index (κ2) is 9.24. The molecule has 4 aliphatic rings. The van der Waals surface area contributed by atoms with E-state index in [0.29, 0.717) is 23.8 Å². The van der Waals surface area contributed by atoms with Gasteiger partial charge in [-0.3, -0.25) is 14.6 Å². The molecule has 0 radical (unpaired) electrons. The molecule has 186 valence electrons. The Kier molecular flexibility index (Phi) is 6.83. The van der Waals surface area contributed by atoms with Crippen LogP contribution < -0.4 is 10.6 Å². The molecule has 1 aliphatic heterocycles. The normalized spacial score (nSPS) is 31.8. The molecular weight excluding hydrogens is 433 g/mol. The second-order valence-electron chi connectivity index (χ2n) is 11.5. The molecule has 0 spiro atoms. The Labute approximate surface area is 202 Å². The Morgan fingerprint density at radius 2 is 1.97 bits per heavy atom. The van der Waals surface area contributed by atoms with Crippen molar-refractivity contribution in [2.75, 3.05) is 0 Å². The van der Waals surface area contributed by atoms with Crippen LogP contribution in [0.15, 0.2) is 24.5 Å². The van der Waals surface area contributed by atoms with Gasteiger partial charge >= 0.3 is 7.12 Å². The van der Waals surface area contributed by atoms with Gasteiger partial charge in [0.25, 0.3) is 5.91 Å². The summed E-state index contributed by atoms with van der Waals surface area (Å²) in [5.74, 6) is 0.0181. The van der Waals surface area contributed by atoms with Crippen molar-refractivity contribution < 1.29 is 24.0 Å². The number of aromatic nitrogens is 1. The smallest absolute Gasteiger partial charge is 0.404 e. The summed E-state index contributed by atoms with van der Waals surface area (Å²) in [6, 6.07) is 2.13. The van der Waals surface area contributed by atoms with Crippen LogP contribution in [-0.4, -0.2) is 58.8 Å². The van der Waals surface area contributed by atoms with Gasteiger partial charge in [0.1, 0.15) is 6.04 Å². The number of aliphatic hydroxyl groups excluding tert-OH is 1. The number of hydrogen-bond acceptors (Lipinski definition) is 6. The minimum Gasteiger partial charge on any atom is -0.404 e. The van der Waals surface area contributed by atoms with Gasteiger partial charge in [-0.2, -0.15) is 0 Å². The monoisotopic (exact) mass is 471 g/mol. The van der Waals surface area contributed by atoms with Crippen LogP contribution in [0.4, 0.5) is 0 Å². The van der Waals surface area contributed by atoms with E-state index in [4.69, 9.17) is 9.31 Å². The maximum absolute atomic E-state index is 13.3. The number of amides is 2. The van der Waals surface area contributed by atoms with Crippen LogP contribution in [0.3, 0.4) is 0 Å². The fourth-order valence-electron chi connectivity index (χ4n) is 6.22. The number of pyridine rings is 1. The van der Waals surface area contributed by atoms with Gasteiger partial charge in [-0.05, 0) is 68.4 Å². The molecule has 8 nitrogen and oxygen atoms in total. The van der Waals surface area contributed by atoms with Crippen LogP contribution in [-0.2, 0) is 14.1 Å². The molecule has 1 aromatic heterocycles. The third-order valence-corrected chi connectivity index (χ3v) is 8.33. The van der Waals surface area contributed by atoms with Crippen molar-refractivity contribution in [2.45, 2.75) is 90.6 Å². The van der Waals surface area contributed by atoms with E-state index in [-0.39, 0.29) is 23.0 Å². The SMILES string of the molecule is CC(C)C[C@H](NC(=O)[C@@H](NC(=O)c1cccnc1)[C@@H](C)O)B1O[C@@H]2C[C@@H]3C[C@@H](C3(C)C)[C@]2(C)O1. The van der Waals surface area contributed by atoms with Crippen LogP contribution in [0.1, 0.15) is 71.2 Å². The van der Waals surface area contributed by atoms with E-state index < -0.39 is 37.0 Å². The standard InChI is InChI=1S/C25H38BN3O5/c1-14(2)10-20(26-33-19-12-17-11-18(24(17,4)5)25(19,6)34-26)28-23(32)21(15(3)30)29-22(31)16-8-7-9-27-13-16/h7-9,13-15,17-21,30H,10-12H2,1-6H3,(H,28,32)(H,29,31)/t15-,17+,18+,19-,20+,21+,25+/m1/s1. The van der Waals surface area contributed by atoms with Crippen LogP contribution in [0.25, 0.3) is 0 Å². The van der Waals surface area contributed by atoms with Gasteiger partial charge in [0.2, 0.25) is 5.91 Å². The number of rotatable bonds is 8. The summed E-state index contributed by atoms with van der Waals surface area (Å²) in [5.41, 5.74) is 0.177. The number of aliphatic hydroxyl groups is 1. The first-order valence-electron chi connectivity index (χ1n) is 12.5. The molecule has 4 fully saturated rings. The molecule has 9 heteroatoms. The topological polar surface area (TPSA) is 110 Å². The molecule has 3 aliphatic carbocycles. The zero-order chi connectivity index (χ0) is 24.8. The van der Waals surface area contributed by atoms with Gasteiger partial charge in [0.05, 0.1) is 29.3 Å². The van der Waals surface area contributed by atoms with Crippen LogP contribution in [0, 0.1) is 23.2 Å². The van der Waals surface area contributed by atoms with Crippen LogP contribution in [0.5, 0.6) is 0 Å². The molecule has 3 N–H and O–H groups in total. The zero-order valence-electron chi connectivity index (χ0n) is 21.1. The molecule has 34 heavy (non-hydrogen) atoms. The molecule has 1 aromatic rings. The Morgan fingerprint density at radius 3 is 2.56 bits per heavy atom. The number of nitrogens with zero attached hydrogens (tertiary/aromatic N) is 1. The highest BCUT2D eigenvalue weighted by Gasteiger charge is 2.68. The van der Waals surface area contributed by atoms with E-state index in [1.807, 2.05) is 0 Å². The average molecular weight is 471 g/mol. The molecule has 7 atom stereocenters. The summed E-state index contributed by atoms with van der Waals surface area (Å²) in [6.45, 7) is 12.4. The predicted octanol–water partition coefficient (Wildman–Crippen LogP) is 2.36. The Hall–Kier alpha value is -1.97. The summed E-state index contributed by atoms with van der Waals surface area (Å²) in [6.07, 6.45) is 4.69. The van der Waals surface area contributed by atoms with Crippen molar-refractivity contribution in [1.82, 2.24) is 15.6 Å². The summed E-state index contributed by atoms with van der Waals surface area (Å²) < 4.78 is 13.0. The first kappa shape index (κ1) is 25.1. The lowest BCUT2D eigenvalue weighted by molar-refractivity contribution is -0.199. The second-order valence-corrected chi connectivity index (χ2v) is 11.5. The first-order chi connectivity index (χ1) is 15.9. The lowest BCUT2D eigenvalue weighted by Crippen LogP contribution is -2.65. The van der Waals surface area contributed by atoms with Crippen molar-refractivity contribution in [3.63, 3.8) is 0 Å². The van der Waals surface area contributed by atoms with Crippen molar-refractivity contribution >= 4 is 18.9 Å². The number of hydrogen-bond donors (Lipinski definition) is 3. The third kappa shape index (κ3) is 4.50. The fourth-order valence-corrected chi connectivity index (χ4v) is 6.22. The lowest BCUT2D eigenvalue weighted by Gasteiger charge is -2.64. The lowest BCUT2D eigenvalue weighted by atomic mass is 9.43. The van der Waals surface area contributed by atoms with Gasteiger partial charge in [-0.15, -0.1) is 0 Å². The minimum atomic E-state index is -1.12. The molecule has 0 unspecified atom stereocenters. The zero-order valence-corrected chi connectivity index (χ0v) is 21.1. The van der Waals surface area contributed by atoms with Crippen LogP contribution in [0.2, 0.25) is 0 Å². The largest absolute Gasteiger partial charge is 0.481 e. The van der Waals surface area contributed by atoms with E-state index in [2.05, 4.69) is 50.2 Å².